The van der Waals surface area contributed by atoms with Crippen LogP contribution in [-0.2, 0) is 11.0 Å². The Bertz CT molecular complexity index is 648. The lowest BCUT2D eigenvalue weighted by Gasteiger charge is -2.37. The maximum atomic E-state index is 12.6. The molecular formula is C15H15BrF6N2O2. The van der Waals surface area contributed by atoms with Crippen molar-refractivity contribution in [2.24, 2.45) is 0 Å². The van der Waals surface area contributed by atoms with Crippen molar-refractivity contribution in [1.82, 2.24) is 5.32 Å². The molecule has 11 heteroatoms. The molecule has 1 aromatic carbocycles. The van der Waals surface area contributed by atoms with Crippen molar-refractivity contribution in [3.8, 4) is 0 Å². The van der Waals surface area contributed by atoms with Crippen LogP contribution in [-0.4, -0.2) is 42.9 Å². The molecule has 2 N–H and O–H groups in total. The van der Waals surface area contributed by atoms with Crippen LogP contribution in [0.1, 0.15) is 5.56 Å². The van der Waals surface area contributed by atoms with Gasteiger partial charge in [-0.1, -0.05) is 6.08 Å². The maximum Gasteiger partial charge on any atom is 0.490 e. The standard InChI is InChI=1S/C13H14BrF3N2.C2HF3O2/c1-2-10-8-18-5-6-19(10)12-4-3-9(7-11(12)14)13(15,16)17;3-2(4,5)1(6)7/h2-4,7,10,18H,1,5-6,8H2;(H,6,7)/t10-;/m1./s1. The Kier molecular flexibility index (Phi) is 7.51. The van der Waals surface area contributed by atoms with E-state index in [4.69, 9.17) is 9.90 Å². The third kappa shape index (κ3) is 6.20. The van der Waals surface area contributed by atoms with Crippen molar-refractivity contribution < 1.29 is 36.2 Å². The maximum absolute atomic E-state index is 12.6. The van der Waals surface area contributed by atoms with Gasteiger partial charge in [0.05, 0.1) is 17.3 Å². The SMILES string of the molecule is C=C[C@@H]1CNCCN1c1ccc(C(F)(F)F)cc1Br.O=C(O)C(F)(F)F. The molecule has 0 bridgehead atoms. The van der Waals surface area contributed by atoms with Crippen molar-refractivity contribution >= 4 is 27.6 Å². The second-order valence-electron chi connectivity index (χ2n) is 5.17. The van der Waals surface area contributed by atoms with Gasteiger partial charge in [0.25, 0.3) is 0 Å². The van der Waals surface area contributed by atoms with Gasteiger partial charge in [0, 0.05) is 24.1 Å². The summed E-state index contributed by atoms with van der Waals surface area (Å²) in [5, 5.41) is 10.4. The Hall–Kier alpha value is -1.75. The Labute approximate surface area is 153 Å². The van der Waals surface area contributed by atoms with Gasteiger partial charge in [0.2, 0.25) is 0 Å². The molecule has 4 nitrogen and oxygen atoms in total. The monoisotopic (exact) mass is 448 g/mol. The van der Waals surface area contributed by atoms with E-state index in [0.717, 1.165) is 37.5 Å². The number of anilines is 1. The molecule has 1 heterocycles. The van der Waals surface area contributed by atoms with Crippen molar-refractivity contribution in [2.75, 3.05) is 24.5 Å². The number of carboxylic acid groups (broad SMARTS) is 1. The quantitative estimate of drug-likeness (QED) is 0.529. The molecule has 1 atom stereocenters. The smallest absolute Gasteiger partial charge is 0.475 e. The average Bonchev–Trinajstić information content (AvgIpc) is 2.53. The van der Waals surface area contributed by atoms with E-state index in [2.05, 4.69) is 27.8 Å². The summed E-state index contributed by atoms with van der Waals surface area (Å²) >= 11 is 3.24. The number of aliphatic carboxylic acids is 1. The number of halogens is 7. The zero-order valence-corrected chi connectivity index (χ0v) is 14.7. The van der Waals surface area contributed by atoms with Gasteiger partial charge < -0.3 is 15.3 Å². The van der Waals surface area contributed by atoms with Crippen LogP contribution in [0.25, 0.3) is 0 Å². The number of nitrogens with one attached hydrogen (secondary N) is 1. The molecule has 0 aromatic heterocycles. The minimum absolute atomic E-state index is 0.0850. The summed E-state index contributed by atoms with van der Waals surface area (Å²) in [5.74, 6) is -2.76. The second-order valence-corrected chi connectivity index (χ2v) is 6.02. The highest BCUT2D eigenvalue weighted by atomic mass is 79.9. The van der Waals surface area contributed by atoms with Gasteiger partial charge in [-0.15, -0.1) is 6.58 Å². The van der Waals surface area contributed by atoms with Gasteiger partial charge >= 0.3 is 18.3 Å². The van der Waals surface area contributed by atoms with Crippen molar-refractivity contribution in [2.45, 2.75) is 18.4 Å². The summed E-state index contributed by atoms with van der Waals surface area (Å²) in [5.41, 5.74) is 0.118. The molecule has 0 aliphatic carbocycles. The van der Waals surface area contributed by atoms with Crippen LogP contribution in [0.5, 0.6) is 0 Å². The van der Waals surface area contributed by atoms with Gasteiger partial charge in [-0.25, -0.2) is 4.79 Å². The number of benzene rings is 1. The molecule has 146 valence electrons. The van der Waals surface area contributed by atoms with Crippen molar-refractivity contribution in [3.63, 3.8) is 0 Å². The molecule has 1 aromatic rings. The van der Waals surface area contributed by atoms with Crippen LogP contribution in [0.4, 0.5) is 32.0 Å². The summed E-state index contributed by atoms with van der Waals surface area (Å²) in [6.07, 6.45) is -7.60. The molecule has 0 spiro atoms. The van der Waals surface area contributed by atoms with E-state index in [0.29, 0.717) is 4.47 Å². The topological polar surface area (TPSA) is 52.6 Å². The lowest BCUT2D eigenvalue weighted by molar-refractivity contribution is -0.192. The number of alkyl halides is 6. The highest BCUT2D eigenvalue weighted by molar-refractivity contribution is 9.10. The molecule has 1 aliphatic heterocycles. The number of nitrogens with zero attached hydrogens (tertiary/aromatic N) is 1. The van der Waals surface area contributed by atoms with Crippen molar-refractivity contribution in [1.29, 1.82) is 0 Å². The number of rotatable bonds is 2. The normalized spacial score (nSPS) is 18.0. The third-order valence-corrected chi connectivity index (χ3v) is 4.02. The average molecular weight is 449 g/mol. The fraction of sp³-hybridized carbons (Fsp3) is 0.400. The van der Waals surface area contributed by atoms with E-state index in [9.17, 15) is 26.3 Å². The molecule has 0 unspecified atom stereocenters. The molecule has 0 amide bonds. The number of carbonyl (C=O) groups is 1. The first-order valence-electron chi connectivity index (χ1n) is 7.14. The fourth-order valence-electron chi connectivity index (χ4n) is 2.15. The van der Waals surface area contributed by atoms with Crippen LogP contribution in [0, 0.1) is 0 Å². The minimum Gasteiger partial charge on any atom is -0.475 e. The largest absolute Gasteiger partial charge is 0.490 e. The third-order valence-electron chi connectivity index (χ3n) is 3.38. The minimum atomic E-state index is -5.08. The number of carboxylic acids is 1. The van der Waals surface area contributed by atoms with E-state index in [1.165, 1.54) is 6.07 Å². The fourth-order valence-corrected chi connectivity index (χ4v) is 2.76. The highest BCUT2D eigenvalue weighted by Crippen LogP contribution is 2.36. The van der Waals surface area contributed by atoms with Gasteiger partial charge in [0.1, 0.15) is 0 Å². The number of hydrogen-bond acceptors (Lipinski definition) is 3. The molecule has 0 radical (unpaired) electrons. The molecule has 1 fully saturated rings. The lowest BCUT2D eigenvalue weighted by atomic mass is 10.1. The number of piperazine rings is 1. The summed E-state index contributed by atoms with van der Waals surface area (Å²) in [6, 6.07) is 3.83. The molecular weight excluding hydrogens is 434 g/mol. The highest BCUT2D eigenvalue weighted by Gasteiger charge is 2.38. The predicted octanol–water partition coefficient (Wildman–Crippen LogP) is 4.07. The van der Waals surface area contributed by atoms with Crippen LogP contribution in [0.3, 0.4) is 0 Å². The van der Waals surface area contributed by atoms with Crippen LogP contribution in [0.2, 0.25) is 0 Å². The first-order chi connectivity index (χ1) is 11.9. The Morgan fingerprint density at radius 2 is 1.88 bits per heavy atom. The van der Waals surface area contributed by atoms with E-state index >= 15 is 0 Å². The van der Waals surface area contributed by atoms with E-state index < -0.39 is 23.9 Å². The molecule has 1 saturated heterocycles. The second kappa shape index (κ2) is 8.76. The van der Waals surface area contributed by atoms with Crippen LogP contribution in [0.15, 0.2) is 35.3 Å². The summed E-state index contributed by atoms with van der Waals surface area (Å²) in [4.78, 5) is 10.9. The summed E-state index contributed by atoms with van der Waals surface area (Å²) < 4.78 is 70.1. The molecule has 2 rings (SSSR count). The van der Waals surface area contributed by atoms with Gasteiger partial charge in [0.15, 0.2) is 0 Å². The molecule has 26 heavy (non-hydrogen) atoms. The zero-order valence-electron chi connectivity index (χ0n) is 13.2. The van der Waals surface area contributed by atoms with Crippen LogP contribution >= 0.6 is 15.9 Å². The van der Waals surface area contributed by atoms with E-state index in [1.54, 1.807) is 6.08 Å². The molecule has 0 saturated carbocycles. The van der Waals surface area contributed by atoms with Gasteiger partial charge in [-0.2, -0.15) is 26.3 Å². The Morgan fingerprint density at radius 3 is 2.31 bits per heavy atom. The first-order valence-corrected chi connectivity index (χ1v) is 7.94. The summed E-state index contributed by atoms with van der Waals surface area (Å²) in [7, 11) is 0. The lowest BCUT2D eigenvalue weighted by Crippen LogP contribution is -2.50. The Morgan fingerprint density at radius 1 is 1.31 bits per heavy atom. The van der Waals surface area contributed by atoms with Gasteiger partial charge in [-0.05, 0) is 34.1 Å². The first kappa shape index (κ1) is 22.3. The zero-order chi connectivity index (χ0) is 20.1. The van der Waals surface area contributed by atoms with Crippen molar-refractivity contribution in [3.05, 3.63) is 40.9 Å². The predicted molar refractivity (Wildman–Crippen MR) is 87.0 cm³/mol. The molecule has 1 aliphatic rings. The van der Waals surface area contributed by atoms with Gasteiger partial charge in [-0.3, -0.25) is 0 Å². The Balaban J connectivity index is 0.000000412. The van der Waals surface area contributed by atoms with E-state index in [-0.39, 0.29) is 6.04 Å². The van der Waals surface area contributed by atoms with E-state index in [1.807, 2.05) is 4.90 Å². The van der Waals surface area contributed by atoms with Crippen LogP contribution < -0.4 is 10.2 Å². The summed E-state index contributed by atoms with van der Waals surface area (Å²) in [6.45, 7) is 6.06. The number of hydrogen-bond donors (Lipinski definition) is 2.